The molecule has 0 fully saturated rings. The van der Waals surface area contributed by atoms with Crippen LogP contribution in [-0.2, 0) is 14.8 Å². The fourth-order valence-electron chi connectivity index (χ4n) is 2.60. The summed E-state index contributed by atoms with van der Waals surface area (Å²) in [6.45, 7) is 3.67. The smallest absolute Gasteiger partial charge is 0.242 e. The fraction of sp³-hybridized carbons (Fsp3) is 0.533. The number of carbonyl (C=O) groups is 1. The van der Waals surface area contributed by atoms with Crippen LogP contribution in [0.2, 0.25) is 0 Å². The van der Waals surface area contributed by atoms with Gasteiger partial charge in [-0.25, -0.2) is 12.8 Å². The van der Waals surface area contributed by atoms with Gasteiger partial charge in [0.1, 0.15) is 5.82 Å². The highest BCUT2D eigenvalue weighted by molar-refractivity contribution is 7.88. The van der Waals surface area contributed by atoms with Gasteiger partial charge in [0, 0.05) is 26.7 Å². The number of carbonyl (C=O) groups excluding carboxylic acids is 1. The number of hydrogen-bond acceptors (Lipinski definition) is 4. The summed E-state index contributed by atoms with van der Waals surface area (Å²) in [7, 11) is -2.09. The molecule has 0 saturated heterocycles. The van der Waals surface area contributed by atoms with E-state index in [-0.39, 0.29) is 12.5 Å². The number of fused-ring (bicyclic) bond motifs is 1. The third-order valence-corrected chi connectivity index (χ3v) is 5.14. The van der Waals surface area contributed by atoms with Crippen molar-refractivity contribution < 1.29 is 17.6 Å². The Bertz CT molecular complexity index is 693. The lowest BCUT2D eigenvalue weighted by Crippen LogP contribution is -2.48. The van der Waals surface area contributed by atoms with Gasteiger partial charge in [0.2, 0.25) is 15.9 Å². The number of rotatable bonds is 5. The van der Waals surface area contributed by atoms with E-state index in [9.17, 15) is 17.6 Å². The van der Waals surface area contributed by atoms with E-state index in [2.05, 4.69) is 11.8 Å². The van der Waals surface area contributed by atoms with E-state index >= 15 is 0 Å². The molecular formula is C15H22FN3O3S. The normalized spacial score (nSPS) is 15.0. The first-order valence-electron chi connectivity index (χ1n) is 7.50. The summed E-state index contributed by atoms with van der Waals surface area (Å²) in [5, 5.41) is 0. The lowest BCUT2D eigenvalue weighted by molar-refractivity contribution is -0.118. The highest BCUT2D eigenvalue weighted by Crippen LogP contribution is 2.34. The van der Waals surface area contributed by atoms with E-state index in [0.717, 1.165) is 29.2 Å². The molecule has 0 N–H and O–H groups in total. The zero-order valence-electron chi connectivity index (χ0n) is 13.6. The summed E-state index contributed by atoms with van der Waals surface area (Å²) in [4.78, 5) is 16.0. The minimum absolute atomic E-state index is 0.261. The number of nitrogens with zero attached hydrogens (tertiary/aromatic N) is 3. The Labute approximate surface area is 136 Å². The summed E-state index contributed by atoms with van der Waals surface area (Å²) < 4.78 is 37.6. The minimum atomic E-state index is -3.44. The van der Waals surface area contributed by atoms with Crippen LogP contribution in [-0.4, -0.2) is 58.1 Å². The lowest BCUT2D eigenvalue weighted by Gasteiger charge is -2.38. The molecule has 0 aromatic heterocycles. The van der Waals surface area contributed by atoms with Crippen LogP contribution >= 0.6 is 0 Å². The largest absolute Gasteiger partial charge is 0.368 e. The lowest BCUT2D eigenvalue weighted by atomic mass is 10.1. The molecule has 0 aliphatic carbocycles. The molecule has 0 spiro atoms. The summed E-state index contributed by atoms with van der Waals surface area (Å²) >= 11 is 0. The maximum absolute atomic E-state index is 13.6. The van der Waals surface area contributed by atoms with Crippen LogP contribution in [0.5, 0.6) is 0 Å². The Hall–Kier alpha value is -1.67. The summed E-state index contributed by atoms with van der Waals surface area (Å²) in [5.41, 5.74) is 1.30. The second-order valence-corrected chi connectivity index (χ2v) is 7.77. The van der Waals surface area contributed by atoms with Gasteiger partial charge in [-0.2, -0.15) is 4.31 Å². The van der Waals surface area contributed by atoms with Crippen molar-refractivity contribution in [2.45, 2.75) is 13.3 Å². The van der Waals surface area contributed by atoms with Gasteiger partial charge in [0.25, 0.3) is 0 Å². The van der Waals surface area contributed by atoms with Crippen molar-refractivity contribution in [3.8, 4) is 0 Å². The number of sulfonamides is 1. The maximum atomic E-state index is 13.6. The van der Waals surface area contributed by atoms with Crippen molar-refractivity contribution in [3.05, 3.63) is 24.0 Å². The number of amides is 1. The monoisotopic (exact) mass is 343 g/mol. The summed E-state index contributed by atoms with van der Waals surface area (Å²) in [5.74, 6) is -0.780. The zero-order valence-corrected chi connectivity index (χ0v) is 14.4. The first-order valence-corrected chi connectivity index (χ1v) is 9.35. The highest BCUT2D eigenvalue weighted by Gasteiger charge is 2.28. The molecule has 0 unspecified atom stereocenters. The zero-order chi connectivity index (χ0) is 17.2. The first kappa shape index (κ1) is 17.7. The minimum Gasteiger partial charge on any atom is -0.368 e. The predicted octanol–water partition coefficient (Wildman–Crippen LogP) is 1.28. The van der Waals surface area contributed by atoms with Crippen LogP contribution in [0, 0.1) is 5.82 Å². The second-order valence-electron chi connectivity index (χ2n) is 5.68. The Morgan fingerprint density at radius 1 is 1.30 bits per heavy atom. The topological polar surface area (TPSA) is 60.9 Å². The van der Waals surface area contributed by atoms with Crippen molar-refractivity contribution in [2.24, 2.45) is 0 Å². The van der Waals surface area contributed by atoms with Crippen LogP contribution in [0.25, 0.3) is 0 Å². The standard InChI is InChI=1S/C15H22FN3O3S/c1-4-7-18-8-9-19(14-10-12(16)5-6-13(14)18)15(20)11-17(2)23(3,21)22/h5-6,10H,4,7-9,11H2,1-3H3. The van der Waals surface area contributed by atoms with Crippen molar-refractivity contribution >= 4 is 27.3 Å². The van der Waals surface area contributed by atoms with E-state index in [1.54, 1.807) is 6.07 Å². The van der Waals surface area contributed by atoms with Gasteiger partial charge >= 0.3 is 0 Å². The number of hydrogen-bond donors (Lipinski definition) is 0. The third kappa shape index (κ3) is 4.00. The third-order valence-electron chi connectivity index (χ3n) is 3.88. The van der Waals surface area contributed by atoms with Crippen LogP contribution in [0.1, 0.15) is 13.3 Å². The van der Waals surface area contributed by atoms with Crippen molar-refractivity contribution in [2.75, 3.05) is 49.3 Å². The summed E-state index contributed by atoms with van der Waals surface area (Å²) in [6.07, 6.45) is 1.99. The molecule has 8 heteroatoms. The van der Waals surface area contributed by atoms with Gasteiger partial charge in [0.15, 0.2) is 0 Å². The van der Waals surface area contributed by atoms with Crippen LogP contribution in [0.3, 0.4) is 0 Å². The molecule has 1 aromatic rings. The van der Waals surface area contributed by atoms with Gasteiger partial charge in [-0.15, -0.1) is 0 Å². The molecule has 0 atom stereocenters. The van der Waals surface area contributed by atoms with Gasteiger partial charge in [0.05, 0.1) is 24.2 Å². The van der Waals surface area contributed by atoms with Gasteiger partial charge < -0.3 is 9.80 Å². The molecule has 2 rings (SSSR count). The SMILES string of the molecule is CCCN1CCN(C(=O)CN(C)S(C)(=O)=O)c2cc(F)ccc21. The molecule has 0 bridgehead atoms. The van der Waals surface area contributed by atoms with Gasteiger partial charge in [-0.3, -0.25) is 4.79 Å². The first-order chi connectivity index (χ1) is 10.7. The second kappa shape index (κ2) is 6.84. The molecular weight excluding hydrogens is 321 g/mol. The molecule has 0 radical (unpaired) electrons. The maximum Gasteiger partial charge on any atom is 0.242 e. The van der Waals surface area contributed by atoms with E-state index in [1.165, 1.54) is 24.1 Å². The Kier molecular flexibility index (Phi) is 5.26. The van der Waals surface area contributed by atoms with E-state index in [1.807, 2.05) is 0 Å². The average molecular weight is 343 g/mol. The summed E-state index contributed by atoms with van der Waals surface area (Å²) in [6, 6.07) is 4.37. The highest BCUT2D eigenvalue weighted by atomic mass is 32.2. The predicted molar refractivity (Wildman–Crippen MR) is 88.7 cm³/mol. The molecule has 1 aromatic carbocycles. The van der Waals surface area contributed by atoms with Crippen LogP contribution in [0.15, 0.2) is 18.2 Å². The molecule has 1 aliphatic rings. The Morgan fingerprint density at radius 2 is 2.00 bits per heavy atom. The Balaban J connectivity index is 2.29. The number of anilines is 2. The molecule has 1 amide bonds. The fourth-order valence-corrected chi connectivity index (χ4v) is 2.94. The molecule has 128 valence electrons. The van der Waals surface area contributed by atoms with Crippen molar-refractivity contribution in [3.63, 3.8) is 0 Å². The van der Waals surface area contributed by atoms with E-state index < -0.39 is 15.8 Å². The number of likely N-dealkylation sites (N-methyl/N-ethyl adjacent to an activating group) is 1. The average Bonchev–Trinajstić information content (AvgIpc) is 2.46. The van der Waals surface area contributed by atoms with Gasteiger partial charge in [-0.1, -0.05) is 6.92 Å². The van der Waals surface area contributed by atoms with Crippen molar-refractivity contribution in [1.29, 1.82) is 0 Å². The van der Waals surface area contributed by atoms with E-state index in [4.69, 9.17) is 0 Å². The van der Waals surface area contributed by atoms with E-state index in [0.29, 0.717) is 18.8 Å². The van der Waals surface area contributed by atoms with Crippen molar-refractivity contribution in [1.82, 2.24) is 4.31 Å². The molecule has 1 aliphatic heterocycles. The van der Waals surface area contributed by atoms with Gasteiger partial charge in [-0.05, 0) is 24.6 Å². The number of halogens is 1. The molecule has 0 saturated carbocycles. The Morgan fingerprint density at radius 3 is 2.61 bits per heavy atom. The quantitative estimate of drug-likeness (QED) is 0.808. The number of benzene rings is 1. The van der Waals surface area contributed by atoms with Crippen LogP contribution < -0.4 is 9.80 Å². The molecule has 6 nitrogen and oxygen atoms in total. The van der Waals surface area contributed by atoms with Crippen LogP contribution in [0.4, 0.5) is 15.8 Å². The molecule has 23 heavy (non-hydrogen) atoms. The molecule has 1 heterocycles.